The number of likely N-dealkylation sites (tertiary alicyclic amines) is 1. The molecular weight excluding hydrogens is 350 g/mol. The third kappa shape index (κ3) is 4.35. The van der Waals surface area contributed by atoms with E-state index in [9.17, 15) is 14.4 Å². The summed E-state index contributed by atoms with van der Waals surface area (Å²) in [7, 11) is 0. The Kier molecular flexibility index (Phi) is 5.78. The van der Waals surface area contributed by atoms with Crippen LogP contribution in [0.2, 0.25) is 0 Å². The lowest BCUT2D eigenvalue weighted by atomic mass is 10.1. The predicted octanol–water partition coefficient (Wildman–Crippen LogP) is 2.76. The number of carbonyl (C=O) groups is 3. The summed E-state index contributed by atoms with van der Waals surface area (Å²) in [5.74, 6) is -0.0194. The maximum Gasteiger partial charge on any atom is 0.270 e. The maximum absolute atomic E-state index is 12.2. The number of hydrogen-bond acceptors (Lipinski definition) is 5. The van der Waals surface area contributed by atoms with Gasteiger partial charge in [0.05, 0.1) is 0 Å². The number of amides is 2. The van der Waals surface area contributed by atoms with Crippen LogP contribution >= 0.6 is 11.3 Å². The first-order valence-corrected chi connectivity index (χ1v) is 9.55. The monoisotopic (exact) mass is 371 g/mol. The molecular formula is C19H21N3O3S. The van der Waals surface area contributed by atoms with E-state index in [1.807, 2.05) is 17.0 Å². The molecule has 0 atom stereocenters. The van der Waals surface area contributed by atoms with E-state index in [4.69, 9.17) is 0 Å². The molecule has 1 N–H and O–H groups in total. The quantitative estimate of drug-likeness (QED) is 0.599. The molecule has 2 amide bonds. The lowest BCUT2D eigenvalue weighted by Gasteiger charge is -2.14. The Balaban J connectivity index is 1.54. The minimum absolute atomic E-state index is 0.00198. The number of carbonyl (C=O) groups excluding carboxylic acids is 3. The van der Waals surface area contributed by atoms with Gasteiger partial charge in [0.1, 0.15) is 10.7 Å². The predicted molar refractivity (Wildman–Crippen MR) is 100 cm³/mol. The van der Waals surface area contributed by atoms with Gasteiger partial charge in [0.25, 0.3) is 5.91 Å². The van der Waals surface area contributed by atoms with Crippen LogP contribution in [-0.2, 0) is 4.79 Å². The zero-order valence-corrected chi connectivity index (χ0v) is 15.5. The van der Waals surface area contributed by atoms with Crippen molar-refractivity contribution in [1.29, 1.82) is 0 Å². The molecule has 0 radical (unpaired) electrons. The second-order valence-electron chi connectivity index (χ2n) is 6.27. The topological polar surface area (TPSA) is 79.4 Å². The number of Topliss-reactive ketones (excluding diaryl/α,β-unsaturated/α-hetero) is 1. The Hall–Kier alpha value is -2.54. The fraction of sp³-hybridized carbons (Fsp3) is 0.368. The lowest BCUT2D eigenvalue weighted by molar-refractivity contribution is -0.127. The van der Waals surface area contributed by atoms with E-state index >= 15 is 0 Å². The first-order chi connectivity index (χ1) is 12.5. The lowest BCUT2D eigenvalue weighted by Crippen LogP contribution is -2.30. The molecule has 1 aliphatic heterocycles. The fourth-order valence-electron chi connectivity index (χ4n) is 2.88. The molecule has 1 aromatic heterocycles. The molecule has 6 nitrogen and oxygen atoms in total. The van der Waals surface area contributed by atoms with Gasteiger partial charge in [0, 0.05) is 42.6 Å². The summed E-state index contributed by atoms with van der Waals surface area (Å²) in [6.07, 6.45) is 2.30. The molecule has 0 saturated carbocycles. The molecule has 1 aromatic carbocycles. The van der Waals surface area contributed by atoms with Gasteiger partial charge in [-0.3, -0.25) is 14.4 Å². The van der Waals surface area contributed by atoms with Crippen molar-refractivity contribution in [2.75, 3.05) is 19.6 Å². The van der Waals surface area contributed by atoms with Crippen molar-refractivity contribution in [3.63, 3.8) is 0 Å². The minimum Gasteiger partial charge on any atom is -0.351 e. The molecule has 7 heteroatoms. The van der Waals surface area contributed by atoms with Gasteiger partial charge in [-0.25, -0.2) is 4.98 Å². The van der Waals surface area contributed by atoms with Crippen molar-refractivity contribution in [2.45, 2.75) is 26.2 Å². The molecule has 2 aromatic rings. The Labute approximate surface area is 156 Å². The third-order valence-corrected chi connectivity index (χ3v) is 5.21. The second-order valence-corrected chi connectivity index (χ2v) is 7.13. The molecule has 0 unspecified atom stereocenters. The average molecular weight is 371 g/mol. The third-order valence-electron chi connectivity index (χ3n) is 4.31. The smallest absolute Gasteiger partial charge is 0.270 e. The van der Waals surface area contributed by atoms with E-state index in [0.717, 1.165) is 24.9 Å². The van der Waals surface area contributed by atoms with E-state index in [-0.39, 0.29) is 17.6 Å². The van der Waals surface area contributed by atoms with Crippen molar-refractivity contribution < 1.29 is 14.4 Å². The number of nitrogens with zero attached hydrogens (tertiary/aromatic N) is 2. The van der Waals surface area contributed by atoms with E-state index in [2.05, 4.69) is 10.3 Å². The van der Waals surface area contributed by atoms with Gasteiger partial charge in [0.2, 0.25) is 5.91 Å². The molecule has 26 heavy (non-hydrogen) atoms. The zero-order chi connectivity index (χ0) is 18.5. The molecule has 1 aliphatic rings. The Morgan fingerprint density at radius 3 is 2.92 bits per heavy atom. The highest BCUT2D eigenvalue weighted by atomic mass is 32.1. The summed E-state index contributed by atoms with van der Waals surface area (Å²) in [6.45, 7) is 3.53. The number of aromatic nitrogens is 1. The highest BCUT2D eigenvalue weighted by Crippen LogP contribution is 2.24. The highest BCUT2D eigenvalue weighted by molar-refractivity contribution is 7.13. The summed E-state index contributed by atoms with van der Waals surface area (Å²) in [5, 5.41) is 5.27. The van der Waals surface area contributed by atoms with Crippen LogP contribution in [0.3, 0.4) is 0 Å². The molecule has 1 saturated heterocycles. The second kappa shape index (κ2) is 8.23. The molecule has 136 valence electrons. The number of hydrogen-bond donors (Lipinski definition) is 1. The van der Waals surface area contributed by atoms with Crippen LogP contribution in [0.15, 0.2) is 29.6 Å². The van der Waals surface area contributed by atoms with Crippen molar-refractivity contribution in [3.05, 3.63) is 40.9 Å². The SMILES string of the molecule is CC(=O)c1cccc(-c2nc(C(=O)NCCCN3CCCC3=O)cs2)c1. The minimum atomic E-state index is -0.219. The van der Waals surface area contributed by atoms with E-state index in [1.165, 1.54) is 18.3 Å². The van der Waals surface area contributed by atoms with Gasteiger partial charge in [-0.05, 0) is 25.8 Å². The maximum atomic E-state index is 12.2. The van der Waals surface area contributed by atoms with Crippen molar-refractivity contribution in [2.24, 2.45) is 0 Å². The standard InChI is InChI=1S/C19H21N3O3S/c1-13(23)14-5-2-6-15(11-14)19-21-16(12-26-19)18(25)20-8-4-10-22-9-3-7-17(22)24/h2,5-6,11-12H,3-4,7-10H2,1H3,(H,20,25). The summed E-state index contributed by atoms with van der Waals surface area (Å²) >= 11 is 1.38. The fourth-order valence-corrected chi connectivity index (χ4v) is 3.68. The largest absolute Gasteiger partial charge is 0.351 e. The van der Waals surface area contributed by atoms with Crippen LogP contribution < -0.4 is 5.32 Å². The molecule has 0 spiro atoms. The Morgan fingerprint density at radius 2 is 2.19 bits per heavy atom. The molecule has 1 fully saturated rings. The van der Waals surface area contributed by atoms with Crippen LogP contribution in [0.5, 0.6) is 0 Å². The van der Waals surface area contributed by atoms with Gasteiger partial charge >= 0.3 is 0 Å². The molecule has 3 rings (SSSR count). The van der Waals surface area contributed by atoms with E-state index in [0.29, 0.717) is 35.8 Å². The van der Waals surface area contributed by atoms with E-state index in [1.54, 1.807) is 17.5 Å². The molecule has 2 heterocycles. The number of thiazole rings is 1. The van der Waals surface area contributed by atoms with Crippen LogP contribution in [0.4, 0.5) is 0 Å². The molecule has 0 bridgehead atoms. The van der Waals surface area contributed by atoms with Gasteiger partial charge < -0.3 is 10.2 Å². The van der Waals surface area contributed by atoms with Crippen molar-refractivity contribution in [3.8, 4) is 10.6 Å². The number of benzene rings is 1. The first-order valence-electron chi connectivity index (χ1n) is 8.67. The van der Waals surface area contributed by atoms with Gasteiger partial charge in [-0.15, -0.1) is 11.3 Å². The van der Waals surface area contributed by atoms with Crippen LogP contribution in [0.1, 0.15) is 47.0 Å². The van der Waals surface area contributed by atoms with Crippen LogP contribution in [0, 0.1) is 0 Å². The summed E-state index contributed by atoms with van der Waals surface area (Å²) in [6, 6.07) is 7.24. The highest BCUT2D eigenvalue weighted by Gasteiger charge is 2.19. The van der Waals surface area contributed by atoms with E-state index < -0.39 is 0 Å². The zero-order valence-electron chi connectivity index (χ0n) is 14.7. The summed E-state index contributed by atoms with van der Waals surface area (Å²) < 4.78 is 0. The Bertz CT molecular complexity index is 831. The first kappa shape index (κ1) is 18.3. The average Bonchev–Trinajstić information content (AvgIpc) is 3.28. The van der Waals surface area contributed by atoms with Crippen LogP contribution in [-0.4, -0.2) is 47.1 Å². The van der Waals surface area contributed by atoms with Gasteiger partial charge in [-0.2, -0.15) is 0 Å². The number of nitrogens with one attached hydrogen (secondary N) is 1. The van der Waals surface area contributed by atoms with Crippen LogP contribution in [0.25, 0.3) is 10.6 Å². The summed E-state index contributed by atoms with van der Waals surface area (Å²) in [4.78, 5) is 41.5. The molecule has 0 aliphatic carbocycles. The van der Waals surface area contributed by atoms with Gasteiger partial charge in [0.15, 0.2) is 5.78 Å². The van der Waals surface area contributed by atoms with Crippen molar-refractivity contribution >= 4 is 28.9 Å². The normalized spacial score (nSPS) is 13.9. The van der Waals surface area contributed by atoms with Gasteiger partial charge in [-0.1, -0.05) is 18.2 Å². The van der Waals surface area contributed by atoms with Crippen molar-refractivity contribution in [1.82, 2.24) is 15.2 Å². The summed E-state index contributed by atoms with van der Waals surface area (Å²) in [5.41, 5.74) is 1.82. The number of ketones is 1. The Morgan fingerprint density at radius 1 is 1.35 bits per heavy atom. The number of rotatable bonds is 7.